The van der Waals surface area contributed by atoms with Crippen LogP contribution in [0.5, 0.6) is 0 Å². The van der Waals surface area contributed by atoms with Crippen molar-refractivity contribution in [1.82, 2.24) is 0 Å². The molecule has 2 heterocycles. The standard InChI is InChI=1S/C42H26B2F4N2/c45-29-15-19-35-39(23-29)49(33-7-3-1-4-8-33)40-24-30(46)16-20-36(40)43(35)27-11-13-28(14-12-27)44-37-21-17-31(47)25-41(37)50(34-9-5-2-6-10-34)42-26-32(48)18-22-38(42)44/h1-26H. The van der Waals surface area contributed by atoms with Gasteiger partial charge in [0.2, 0.25) is 13.4 Å². The largest absolute Gasteiger partial charge is 0.311 e. The van der Waals surface area contributed by atoms with Crippen molar-refractivity contribution in [2.75, 3.05) is 9.80 Å². The highest BCUT2D eigenvalue weighted by molar-refractivity contribution is 6.99. The summed E-state index contributed by atoms with van der Waals surface area (Å²) in [6.45, 7) is -0.615. The van der Waals surface area contributed by atoms with Crippen molar-refractivity contribution in [3.05, 3.63) is 181 Å². The monoisotopic (exact) mass is 656 g/mol. The Balaban J connectivity index is 1.19. The molecule has 2 aliphatic heterocycles. The van der Waals surface area contributed by atoms with Gasteiger partial charge in [-0.25, -0.2) is 17.6 Å². The van der Waals surface area contributed by atoms with Crippen LogP contribution in [0.25, 0.3) is 0 Å². The highest BCUT2D eigenvalue weighted by Gasteiger charge is 2.38. The molecule has 2 nitrogen and oxygen atoms in total. The highest BCUT2D eigenvalue weighted by atomic mass is 19.1. The Labute approximate surface area is 288 Å². The van der Waals surface area contributed by atoms with Gasteiger partial charge in [-0.2, -0.15) is 0 Å². The van der Waals surface area contributed by atoms with Crippen molar-refractivity contribution in [2.45, 2.75) is 0 Å². The van der Waals surface area contributed by atoms with Crippen LogP contribution in [-0.2, 0) is 0 Å². The molecule has 0 bridgehead atoms. The molecule has 238 valence electrons. The molecule has 2 aliphatic rings. The van der Waals surface area contributed by atoms with Gasteiger partial charge in [-0.15, -0.1) is 0 Å². The van der Waals surface area contributed by atoms with E-state index in [9.17, 15) is 17.6 Å². The first-order valence-corrected chi connectivity index (χ1v) is 16.4. The summed E-state index contributed by atoms with van der Waals surface area (Å²) in [5.41, 5.74) is 9.61. The summed E-state index contributed by atoms with van der Waals surface area (Å²) in [4.78, 5) is 3.82. The van der Waals surface area contributed by atoms with Gasteiger partial charge in [0.25, 0.3) is 0 Å². The van der Waals surface area contributed by atoms with Crippen molar-refractivity contribution in [3.63, 3.8) is 0 Å². The van der Waals surface area contributed by atoms with Crippen LogP contribution in [0.2, 0.25) is 0 Å². The first kappa shape index (κ1) is 30.1. The average molecular weight is 656 g/mol. The van der Waals surface area contributed by atoms with E-state index < -0.39 is 0 Å². The molecule has 0 saturated carbocycles. The van der Waals surface area contributed by atoms with Crippen LogP contribution in [0.1, 0.15) is 0 Å². The summed E-state index contributed by atoms with van der Waals surface area (Å²) < 4.78 is 59.6. The van der Waals surface area contributed by atoms with Gasteiger partial charge in [0.15, 0.2) is 0 Å². The molecule has 0 unspecified atom stereocenters. The summed E-state index contributed by atoms with van der Waals surface area (Å²) in [6, 6.07) is 46.4. The van der Waals surface area contributed by atoms with Crippen molar-refractivity contribution < 1.29 is 17.6 Å². The zero-order chi connectivity index (χ0) is 33.9. The Bertz CT molecular complexity index is 2130. The predicted octanol–water partition coefficient (Wildman–Crippen LogP) is 6.84. The molecule has 0 radical (unpaired) electrons. The zero-order valence-corrected chi connectivity index (χ0v) is 26.6. The van der Waals surface area contributed by atoms with Crippen LogP contribution in [0.3, 0.4) is 0 Å². The van der Waals surface area contributed by atoms with Gasteiger partial charge in [0.1, 0.15) is 23.3 Å². The van der Waals surface area contributed by atoms with Gasteiger partial charge in [0.05, 0.1) is 0 Å². The van der Waals surface area contributed by atoms with Gasteiger partial charge in [0, 0.05) is 34.1 Å². The minimum Gasteiger partial charge on any atom is -0.311 e. The minimum absolute atomic E-state index is 0.307. The lowest BCUT2D eigenvalue weighted by Gasteiger charge is -2.37. The molecule has 0 saturated heterocycles. The number of hydrogen-bond acceptors (Lipinski definition) is 2. The number of benzene rings is 7. The summed E-state index contributed by atoms with van der Waals surface area (Å²) >= 11 is 0. The molecule has 0 aromatic heterocycles. The quantitative estimate of drug-likeness (QED) is 0.151. The summed E-state index contributed by atoms with van der Waals surface area (Å²) in [5, 5.41) is 0. The molecular weight excluding hydrogens is 630 g/mol. The van der Waals surface area contributed by atoms with Gasteiger partial charge in [-0.05, 0) is 94.6 Å². The lowest BCUT2D eigenvalue weighted by Crippen LogP contribution is -2.59. The smallest absolute Gasteiger partial charge is 0.246 e. The number of para-hydroxylation sites is 2. The second-order valence-corrected chi connectivity index (χ2v) is 12.7. The van der Waals surface area contributed by atoms with Crippen molar-refractivity contribution in [3.8, 4) is 0 Å². The van der Waals surface area contributed by atoms with Crippen LogP contribution < -0.4 is 42.6 Å². The molecule has 7 aromatic rings. The van der Waals surface area contributed by atoms with E-state index in [4.69, 9.17) is 0 Å². The number of nitrogens with zero attached hydrogens (tertiary/aromatic N) is 2. The third-order valence-electron chi connectivity index (χ3n) is 9.81. The number of fused-ring (bicyclic) bond motifs is 4. The molecule has 7 aromatic carbocycles. The molecule has 0 N–H and O–H groups in total. The van der Waals surface area contributed by atoms with Gasteiger partial charge in [-0.1, -0.05) is 95.9 Å². The van der Waals surface area contributed by atoms with E-state index in [0.29, 0.717) is 22.7 Å². The molecular formula is C42H26B2F4N2. The molecule has 0 spiro atoms. The Morgan fingerprint density at radius 1 is 0.320 bits per heavy atom. The summed E-state index contributed by atoms with van der Waals surface area (Å²) in [7, 11) is 0. The molecule has 50 heavy (non-hydrogen) atoms. The van der Waals surface area contributed by atoms with E-state index in [1.165, 1.54) is 48.5 Å². The Kier molecular flexibility index (Phi) is 7.13. The molecule has 0 aliphatic carbocycles. The third kappa shape index (κ3) is 4.90. The van der Waals surface area contributed by atoms with E-state index in [0.717, 1.165) is 44.2 Å². The number of rotatable bonds is 4. The van der Waals surface area contributed by atoms with E-state index in [1.807, 2.05) is 70.5 Å². The maximum Gasteiger partial charge on any atom is 0.246 e. The molecule has 8 heteroatoms. The van der Waals surface area contributed by atoms with Crippen molar-refractivity contribution in [2.24, 2.45) is 0 Å². The fourth-order valence-corrected chi connectivity index (χ4v) is 7.72. The summed E-state index contributed by atoms with van der Waals surface area (Å²) in [6.07, 6.45) is 0. The lowest BCUT2D eigenvalue weighted by atomic mass is 9.33. The van der Waals surface area contributed by atoms with Gasteiger partial charge in [-0.3, -0.25) is 0 Å². The lowest BCUT2D eigenvalue weighted by molar-refractivity contribution is 0.626. The SMILES string of the molecule is Fc1ccc2c(c1)N(c1ccccc1)c1cc(F)ccc1B2c1ccc(B2c3ccc(F)cc3N(c3ccccc3)c3cc(F)ccc32)cc1. The van der Waals surface area contributed by atoms with Gasteiger partial charge < -0.3 is 9.80 Å². The molecule has 9 rings (SSSR count). The zero-order valence-electron chi connectivity index (χ0n) is 26.6. The normalized spacial score (nSPS) is 13.0. The number of anilines is 6. The predicted molar refractivity (Wildman–Crippen MR) is 198 cm³/mol. The van der Waals surface area contributed by atoms with E-state index in [2.05, 4.69) is 24.3 Å². The topological polar surface area (TPSA) is 6.48 Å². The van der Waals surface area contributed by atoms with Crippen LogP contribution >= 0.6 is 0 Å². The van der Waals surface area contributed by atoms with Crippen molar-refractivity contribution in [1.29, 1.82) is 0 Å². The van der Waals surface area contributed by atoms with Crippen LogP contribution in [0, 0.1) is 23.3 Å². The Morgan fingerprint density at radius 2 is 0.600 bits per heavy atom. The van der Waals surface area contributed by atoms with Crippen LogP contribution in [0.4, 0.5) is 51.7 Å². The first-order chi connectivity index (χ1) is 24.4. The van der Waals surface area contributed by atoms with Crippen LogP contribution in [0.15, 0.2) is 158 Å². The molecule has 0 amide bonds. The second kappa shape index (κ2) is 11.8. The first-order valence-electron chi connectivity index (χ1n) is 16.4. The van der Waals surface area contributed by atoms with Crippen LogP contribution in [-0.4, -0.2) is 13.4 Å². The molecule has 0 fully saturated rings. The second-order valence-electron chi connectivity index (χ2n) is 12.7. The highest BCUT2D eigenvalue weighted by Crippen LogP contribution is 2.38. The number of hydrogen-bond donors (Lipinski definition) is 0. The average Bonchev–Trinajstić information content (AvgIpc) is 3.13. The maximum absolute atomic E-state index is 14.9. The van der Waals surface area contributed by atoms with E-state index >= 15 is 0 Å². The van der Waals surface area contributed by atoms with Crippen molar-refractivity contribution >= 4 is 80.3 Å². The fraction of sp³-hybridized carbons (Fsp3) is 0. The van der Waals surface area contributed by atoms with E-state index in [-0.39, 0.29) is 36.7 Å². The number of halogens is 4. The summed E-state index contributed by atoms with van der Waals surface area (Å²) in [5.74, 6) is -1.53. The van der Waals surface area contributed by atoms with E-state index in [1.54, 1.807) is 24.3 Å². The Morgan fingerprint density at radius 3 is 0.880 bits per heavy atom. The third-order valence-corrected chi connectivity index (χ3v) is 9.81. The molecule has 0 atom stereocenters. The maximum atomic E-state index is 14.9. The fourth-order valence-electron chi connectivity index (χ4n) is 7.72. The van der Waals surface area contributed by atoms with Gasteiger partial charge >= 0.3 is 0 Å². The minimum atomic E-state index is -0.384. The Hall–Kier alpha value is -6.01.